The second-order valence-electron chi connectivity index (χ2n) is 4.77. The number of allylic oxidation sites excluding steroid dienone is 2. The lowest BCUT2D eigenvalue weighted by Crippen LogP contribution is -2.01. The average Bonchev–Trinajstić information content (AvgIpc) is 2.55. The summed E-state index contributed by atoms with van der Waals surface area (Å²) in [7, 11) is 3.22. The van der Waals surface area contributed by atoms with Crippen LogP contribution in [0.15, 0.2) is 60.3 Å². The van der Waals surface area contributed by atoms with Gasteiger partial charge in [-0.15, -0.1) is 0 Å². The number of benzene rings is 2. The summed E-state index contributed by atoms with van der Waals surface area (Å²) in [5, 5.41) is 3.18. The first kappa shape index (κ1) is 15.6. The summed E-state index contributed by atoms with van der Waals surface area (Å²) >= 11 is 0. The SMILES string of the molecule is COc1ccc(NC(C)=CC(=O)c2ccc(OC)cc2)cc1. The lowest BCUT2D eigenvalue weighted by Gasteiger charge is -2.07. The highest BCUT2D eigenvalue weighted by molar-refractivity contribution is 6.05. The van der Waals surface area contributed by atoms with Crippen molar-refractivity contribution in [3.05, 3.63) is 65.9 Å². The van der Waals surface area contributed by atoms with E-state index in [0.29, 0.717) is 5.56 Å². The molecule has 0 aliphatic carbocycles. The van der Waals surface area contributed by atoms with Crippen LogP contribution in [0.3, 0.4) is 0 Å². The van der Waals surface area contributed by atoms with Crippen molar-refractivity contribution in [2.45, 2.75) is 6.92 Å². The molecular formula is C18H19NO3. The van der Waals surface area contributed by atoms with Gasteiger partial charge >= 0.3 is 0 Å². The van der Waals surface area contributed by atoms with E-state index in [1.165, 1.54) is 0 Å². The molecule has 2 rings (SSSR count). The van der Waals surface area contributed by atoms with Crippen LogP contribution in [-0.2, 0) is 0 Å². The number of ketones is 1. The van der Waals surface area contributed by atoms with Crippen LogP contribution < -0.4 is 14.8 Å². The highest BCUT2D eigenvalue weighted by Gasteiger charge is 2.04. The Kier molecular flexibility index (Phi) is 5.20. The van der Waals surface area contributed by atoms with Crippen LogP contribution >= 0.6 is 0 Å². The average molecular weight is 297 g/mol. The maximum atomic E-state index is 12.2. The minimum atomic E-state index is -0.0545. The molecule has 0 aliphatic rings. The molecule has 0 spiro atoms. The Bertz CT molecular complexity index is 658. The molecule has 0 saturated carbocycles. The highest BCUT2D eigenvalue weighted by atomic mass is 16.5. The summed E-state index contributed by atoms with van der Waals surface area (Å²) in [5.41, 5.74) is 2.29. The van der Waals surface area contributed by atoms with E-state index in [0.717, 1.165) is 22.9 Å². The molecular weight excluding hydrogens is 278 g/mol. The standard InChI is InChI=1S/C18H19NO3/c1-13(19-15-6-10-17(22-3)11-7-15)12-18(20)14-4-8-16(21-2)9-5-14/h4-12,19H,1-3H3. The Balaban J connectivity index is 2.04. The fourth-order valence-corrected chi connectivity index (χ4v) is 1.97. The van der Waals surface area contributed by atoms with Gasteiger partial charge in [-0.1, -0.05) is 0 Å². The molecule has 0 bridgehead atoms. The van der Waals surface area contributed by atoms with Crippen LogP contribution in [0.5, 0.6) is 11.5 Å². The molecule has 22 heavy (non-hydrogen) atoms. The molecule has 2 aromatic carbocycles. The van der Waals surface area contributed by atoms with E-state index in [-0.39, 0.29) is 5.78 Å². The van der Waals surface area contributed by atoms with Gasteiger partial charge < -0.3 is 14.8 Å². The zero-order chi connectivity index (χ0) is 15.9. The van der Waals surface area contributed by atoms with Crippen LogP contribution in [0.25, 0.3) is 0 Å². The van der Waals surface area contributed by atoms with Crippen molar-refractivity contribution in [1.29, 1.82) is 0 Å². The summed E-state index contributed by atoms with van der Waals surface area (Å²) in [6.07, 6.45) is 1.58. The van der Waals surface area contributed by atoms with Crippen LogP contribution in [0.2, 0.25) is 0 Å². The fourth-order valence-electron chi connectivity index (χ4n) is 1.97. The van der Waals surface area contributed by atoms with Gasteiger partial charge in [-0.25, -0.2) is 0 Å². The number of nitrogens with one attached hydrogen (secondary N) is 1. The van der Waals surface area contributed by atoms with E-state index in [9.17, 15) is 4.79 Å². The monoisotopic (exact) mass is 297 g/mol. The molecule has 0 unspecified atom stereocenters. The van der Waals surface area contributed by atoms with Crippen LogP contribution in [0.1, 0.15) is 17.3 Å². The summed E-state index contributed by atoms with van der Waals surface area (Å²) in [4.78, 5) is 12.2. The Labute approximate surface area is 130 Å². The van der Waals surface area contributed by atoms with E-state index in [1.807, 2.05) is 31.2 Å². The summed E-state index contributed by atoms with van der Waals surface area (Å²) in [6.45, 7) is 1.85. The van der Waals surface area contributed by atoms with Crippen LogP contribution in [0, 0.1) is 0 Å². The van der Waals surface area contributed by atoms with E-state index in [1.54, 1.807) is 44.6 Å². The maximum absolute atomic E-state index is 12.2. The van der Waals surface area contributed by atoms with Crippen molar-refractivity contribution in [1.82, 2.24) is 0 Å². The molecule has 0 radical (unpaired) electrons. The lowest BCUT2D eigenvalue weighted by molar-refractivity contribution is 0.104. The third-order valence-electron chi connectivity index (χ3n) is 3.15. The molecule has 4 nitrogen and oxygen atoms in total. The zero-order valence-electron chi connectivity index (χ0n) is 12.9. The number of anilines is 1. The molecule has 0 heterocycles. The van der Waals surface area contributed by atoms with Gasteiger partial charge in [0.1, 0.15) is 11.5 Å². The van der Waals surface area contributed by atoms with Crippen molar-refractivity contribution in [3.8, 4) is 11.5 Å². The number of methoxy groups -OCH3 is 2. The molecule has 0 atom stereocenters. The van der Waals surface area contributed by atoms with E-state index in [4.69, 9.17) is 9.47 Å². The summed E-state index contributed by atoms with van der Waals surface area (Å²) in [5.74, 6) is 1.47. The van der Waals surface area contributed by atoms with Crippen molar-refractivity contribution in [3.63, 3.8) is 0 Å². The highest BCUT2D eigenvalue weighted by Crippen LogP contribution is 2.17. The number of hydrogen-bond acceptors (Lipinski definition) is 4. The number of hydrogen-bond donors (Lipinski definition) is 1. The van der Waals surface area contributed by atoms with Crippen LogP contribution in [0.4, 0.5) is 5.69 Å². The predicted octanol–water partition coefficient (Wildman–Crippen LogP) is 3.90. The second kappa shape index (κ2) is 7.31. The van der Waals surface area contributed by atoms with Gasteiger partial charge in [-0.2, -0.15) is 0 Å². The molecule has 0 saturated heterocycles. The fraction of sp³-hybridized carbons (Fsp3) is 0.167. The summed E-state index contributed by atoms with van der Waals surface area (Å²) in [6, 6.07) is 14.6. The first-order chi connectivity index (χ1) is 10.6. The first-order valence-corrected chi connectivity index (χ1v) is 6.90. The largest absolute Gasteiger partial charge is 0.497 e. The first-order valence-electron chi connectivity index (χ1n) is 6.90. The van der Waals surface area contributed by atoms with Gasteiger partial charge in [0, 0.05) is 23.0 Å². The lowest BCUT2D eigenvalue weighted by atomic mass is 10.1. The topological polar surface area (TPSA) is 47.6 Å². The molecule has 2 aromatic rings. The third-order valence-corrected chi connectivity index (χ3v) is 3.15. The molecule has 0 aliphatic heterocycles. The van der Waals surface area contributed by atoms with E-state index < -0.39 is 0 Å². The number of carbonyl (C=O) groups is 1. The summed E-state index contributed by atoms with van der Waals surface area (Å²) < 4.78 is 10.2. The smallest absolute Gasteiger partial charge is 0.187 e. The molecule has 4 heteroatoms. The molecule has 114 valence electrons. The van der Waals surface area contributed by atoms with Gasteiger partial charge in [-0.05, 0) is 55.5 Å². The van der Waals surface area contributed by atoms with Gasteiger partial charge in [0.15, 0.2) is 5.78 Å². The minimum Gasteiger partial charge on any atom is -0.497 e. The minimum absolute atomic E-state index is 0.0545. The van der Waals surface area contributed by atoms with Crippen molar-refractivity contribution < 1.29 is 14.3 Å². The van der Waals surface area contributed by atoms with Gasteiger partial charge in [0.25, 0.3) is 0 Å². The molecule has 1 N–H and O–H groups in total. The Morgan fingerprint density at radius 2 is 1.41 bits per heavy atom. The Morgan fingerprint density at radius 1 is 0.909 bits per heavy atom. The van der Waals surface area contributed by atoms with E-state index >= 15 is 0 Å². The van der Waals surface area contributed by atoms with Gasteiger partial charge in [0.2, 0.25) is 0 Å². The third kappa shape index (κ3) is 4.12. The number of rotatable bonds is 6. The van der Waals surface area contributed by atoms with Gasteiger partial charge in [-0.3, -0.25) is 4.79 Å². The molecule has 0 fully saturated rings. The number of ether oxygens (including phenoxy) is 2. The Morgan fingerprint density at radius 3 is 1.91 bits per heavy atom. The predicted molar refractivity (Wildman–Crippen MR) is 87.7 cm³/mol. The van der Waals surface area contributed by atoms with Crippen molar-refractivity contribution >= 4 is 11.5 Å². The second-order valence-corrected chi connectivity index (χ2v) is 4.77. The number of carbonyl (C=O) groups excluding carboxylic acids is 1. The van der Waals surface area contributed by atoms with Gasteiger partial charge in [0.05, 0.1) is 14.2 Å². The van der Waals surface area contributed by atoms with Crippen molar-refractivity contribution in [2.24, 2.45) is 0 Å². The maximum Gasteiger partial charge on any atom is 0.187 e. The molecule has 0 amide bonds. The normalized spacial score (nSPS) is 11.0. The Hall–Kier alpha value is -2.75. The van der Waals surface area contributed by atoms with E-state index in [2.05, 4.69) is 5.32 Å². The zero-order valence-corrected chi connectivity index (χ0v) is 12.9. The van der Waals surface area contributed by atoms with Crippen molar-refractivity contribution in [2.75, 3.05) is 19.5 Å². The quantitative estimate of drug-likeness (QED) is 0.649. The van der Waals surface area contributed by atoms with Crippen LogP contribution in [-0.4, -0.2) is 20.0 Å². The molecule has 0 aromatic heterocycles.